The van der Waals surface area contributed by atoms with Crippen LogP contribution in [0.25, 0.3) is 11.5 Å². The van der Waals surface area contributed by atoms with Crippen LogP contribution in [0.3, 0.4) is 0 Å². The summed E-state index contributed by atoms with van der Waals surface area (Å²) in [4.78, 5) is 16.8. The number of carbonyl (C=O) groups excluding carboxylic acids is 1. The van der Waals surface area contributed by atoms with Crippen LogP contribution in [0.5, 0.6) is 0 Å². The highest BCUT2D eigenvalue weighted by Crippen LogP contribution is 2.35. The van der Waals surface area contributed by atoms with Crippen LogP contribution < -0.4 is 5.32 Å². The summed E-state index contributed by atoms with van der Waals surface area (Å²) in [6, 6.07) is 13.7. The van der Waals surface area contributed by atoms with Crippen molar-refractivity contribution in [2.75, 3.05) is 18.9 Å². The Bertz CT molecular complexity index is 1220. The number of thioether (sulfide) groups is 1. The number of amides is 1. The summed E-state index contributed by atoms with van der Waals surface area (Å²) in [7, 11) is -3.95. The fourth-order valence-corrected chi connectivity index (χ4v) is 5.94. The van der Waals surface area contributed by atoms with Crippen molar-refractivity contribution in [1.82, 2.24) is 10.3 Å². The molecule has 2 aromatic carbocycles. The monoisotopic (exact) mass is 550 g/mol. The molecule has 1 aliphatic rings. The van der Waals surface area contributed by atoms with Crippen molar-refractivity contribution >= 4 is 43.4 Å². The molecule has 7 nitrogen and oxygen atoms in total. The van der Waals surface area contributed by atoms with E-state index in [1.165, 1.54) is 12.1 Å². The Morgan fingerprint density at radius 3 is 2.58 bits per heavy atom. The Balaban J connectivity index is 1.59. The van der Waals surface area contributed by atoms with Gasteiger partial charge in [0.15, 0.2) is 0 Å². The predicted octanol–water partition coefficient (Wildman–Crippen LogP) is 4.63. The molecular weight excluding hydrogens is 528 g/mol. The number of hydrogen-bond donors (Lipinski definition) is 1. The number of ether oxygens (including phenoxy) is 1. The van der Waals surface area contributed by atoms with Crippen LogP contribution in [0.4, 0.5) is 0 Å². The van der Waals surface area contributed by atoms with E-state index in [9.17, 15) is 13.2 Å². The summed E-state index contributed by atoms with van der Waals surface area (Å²) in [6.07, 6.45) is 1.95. The van der Waals surface area contributed by atoms with Crippen molar-refractivity contribution in [2.45, 2.75) is 40.9 Å². The molecule has 1 atom stereocenters. The zero-order chi connectivity index (χ0) is 23.4. The third-order valence-electron chi connectivity index (χ3n) is 5.13. The molecule has 1 N–H and O–H groups in total. The molecule has 2 heterocycles. The molecule has 0 saturated carbocycles. The zero-order valence-corrected chi connectivity index (χ0v) is 21.1. The number of hydrogen-bond acceptors (Lipinski definition) is 7. The molecule has 1 aromatic heterocycles. The Morgan fingerprint density at radius 2 is 1.91 bits per heavy atom. The molecule has 1 fully saturated rings. The molecule has 0 unspecified atom stereocenters. The van der Waals surface area contributed by atoms with Crippen molar-refractivity contribution in [2.24, 2.45) is 0 Å². The van der Waals surface area contributed by atoms with Crippen molar-refractivity contribution in [3.05, 3.63) is 58.6 Å². The lowest BCUT2D eigenvalue weighted by atomic mass is 10.1. The highest BCUT2D eigenvalue weighted by molar-refractivity contribution is 9.10. The van der Waals surface area contributed by atoms with Crippen molar-refractivity contribution in [1.29, 1.82) is 0 Å². The molecule has 174 valence electrons. The number of sulfone groups is 1. The van der Waals surface area contributed by atoms with Gasteiger partial charge in [0, 0.05) is 23.2 Å². The maximum absolute atomic E-state index is 13.3. The lowest BCUT2D eigenvalue weighted by Crippen LogP contribution is -2.32. The topological polar surface area (TPSA) is 98.5 Å². The molecule has 1 amide bonds. The van der Waals surface area contributed by atoms with Crippen LogP contribution in [0.15, 0.2) is 72.4 Å². The lowest BCUT2D eigenvalue weighted by Gasteiger charge is -2.10. The maximum atomic E-state index is 13.3. The van der Waals surface area contributed by atoms with Gasteiger partial charge in [-0.2, -0.15) is 4.98 Å². The van der Waals surface area contributed by atoms with Gasteiger partial charge in [0.25, 0.3) is 0 Å². The number of nitrogens with one attached hydrogen (secondary N) is 1. The van der Waals surface area contributed by atoms with Crippen LogP contribution in [0, 0.1) is 6.92 Å². The first-order valence-electron chi connectivity index (χ1n) is 10.4. The molecule has 0 bridgehead atoms. The second-order valence-corrected chi connectivity index (χ2v) is 11.4. The number of rotatable bonds is 8. The summed E-state index contributed by atoms with van der Waals surface area (Å²) in [5.41, 5.74) is 1.72. The lowest BCUT2D eigenvalue weighted by molar-refractivity contribution is -0.119. The fraction of sp³-hybridized carbons (Fsp3) is 0.304. The first-order chi connectivity index (χ1) is 15.8. The Hall–Kier alpha value is -2.14. The van der Waals surface area contributed by atoms with E-state index in [4.69, 9.17) is 9.15 Å². The Kier molecular flexibility index (Phi) is 7.58. The van der Waals surface area contributed by atoms with E-state index in [0.717, 1.165) is 34.6 Å². The van der Waals surface area contributed by atoms with Gasteiger partial charge >= 0.3 is 0 Å². The molecular formula is C23H23BrN2O5S2. The van der Waals surface area contributed by atoms with Gasteiger partial charge in [-0.05, 0) is 56.2 Å². The molecule has 33 heavy (non-hydrogen) atoms. The van der Waals surface area contributed by atoms with E-state index in [2.05, 4.69) is 26.2 Å². The summed E-state index contributed by atoms with van der Waals surface area (Å²) in [6.45, 7) is 3.11. The van der Waals surface area contributed by atoms with Crippen molar-refractivity contribution in [3.63, 3.8) is 0 Å². The summed E-state index contributed by atoms with van der Waals surface area (Å²) in [5.74, 6) is -0.0401. The van der Waals surface area contributed by atoms with E-state index in [0.29, 0.717) is 18.7 Å². The van der Waals surface area contributed by atoms with E-state index in [1.54, 1.807) is 12.1 Å². The molecule has 1 saturated heterocycles. The molecule has 4 rings (SSSR count). The number of nitrogens with zero attached hydrogens (tertiary/aromatic N) is 1. The smallest absolute Gasteiger partial charge is 0.230 e. The molecule has 0 spiro atoms. The molecule has 3 aromatic rings. The van der Waals surface area contributed by atoms with Gasteiger partial charge in [0.05, 0.1) is 16.8 Å². The highest BCUT2D eigenvalue weighted by atomic mass is 79.9. The normalized spacial score (nSPS) is 16.1. The molecule has 0 aliphatic carbocycles. The molecule has 10 heteroatoms. The maximum Gasteiger partial charge on any atom is 0.230 e. The number of aromatic nitrogens is 1. The van der Waals surface area contributed by atoms with E-state index in [1.807, 2.05) is 31.2 Å². The standard InChI is InChI=1S/C23H23BrN2O5S2/c1-15-4-6-16(7-5-15)21-26-22(33(28,29)19-10-8-17(24)9-11-19)23(31-21)32-14-20(27)25-13-18-3-2-12-30-18/h4-11,18H,2-3,12-14H2,1H3,(H,25,27)/t18-/m1/s1. The zero-order valence-electron chi connectivity index (χ0n) is 17.9. The van der Waals surface area contributed by atoms with Gasteiger partial charge in [-0.1, -0.05) is 45.4 Å². The second kappa shape index (κ2) is 10.4. The second-order valence-electron chi connectivity index (χ2n) is 7.66. The molecule has 1 aliphatic heterocycles. The Morgan fingerprint density at radius 1 is 1.18 bits per heavy atom. The van der Waals surface area contributed by atoms with Crippen molar-refractivity contribution < 1.29 is 22.4 Å². The third-order valence-corrected chi connectivity index (χ3v) is 8.41. The summed E-state index contributed by atoms with van der Waals surface area (Å²) in [5, 5.41) is 2.72. The number of aryl methyl sites for hydroxylation is 1. The van der Waals surface area contributed by atoms with Crippen molar-refractivity contribution in [3.8, 4) is 11.5 Å². The van der Waals surface area contributed by atoms with Crippen LogP contribution >= 0.6 is 27.7 Å². The average Bonchev–Trinajstić information content (AvgIpc) is 3.47. The summed E-state index contributed by atoms with van der Waals surface area (Å²) < 4.78 is 38.8. The Labute approximate surface area is 205 Å². The van der Waals surface area contributed by atoms with Crippen LogP contribution in [-0.4, -0.2) is 44.3 Å². The number of carbonyl (C=O) groups is 1. The van der Waals surface area contributed by atoms with Gasteiger partial charge in [0.1, 0.15) is 0 Å². The van der Waals surface area contributed by atoms with Gasteiger partial charge in [-0.25, -0.2) is 8.42 Å². The van der Waals surface area contributed by atoms with E-state index >= 15 is 0 Å². The van der Waals surface area contributed by atoms with E-state index < -0.39 is 9.84 Å². The SMILES string of the molecule is Cc1ccc(-c2nc(S(=O)(=O)c3ccc(Br)cc3)c(SCC(=O)NC[C@H]3CCCO3)o2)cc1. The first kappa shape index (κ1) is 24.0. The van der Waals surface area contributed by atoms with Crippen LogP contribution in [-0.2, 0) is 19.4 Å². The average molecular weight is 551 g/mol. The van der Waals surface area contributed by atoms with Gasteiger partial charge in [-0.3, -0.25) is 4.79 Å². The summed E-state index contributed by atoms with van der Waals surface area (Å²) >= 11 is 4.33. The van der Waals surface area contributed by atoms with Crippen LogP contribution in [0.2, 0.25) is 0 Å². The predicted molar refractivity (Wildman–Crippen MR) is 129 cm³/mol. The van der Waals surface area contributed by atoms with E-state index in [-0.39, 0.29) is 38.7 Å². The largest absolute Gasteiger partial charge is 0.428 e. The first-order valence-corrected chi connectivity index (χ1v) is 13.7. The highest BCUT2D eigenvalue weighted by Gasteiger charge is 2.29. The quantitative estimate of drug-likeness (QED) is 0.408. The van der Waals surface area contributed by atoms with Gasteiger partial charge < -0.3 is 14.5 Å². The van der Waals surface area contributed by atoms with Crippen LogP contribution in [0.1, 0.15) is 18.4 Å². The molecule has 0 radical (unpaired) electrons. The minimum absolute atomic E-state index is 0.00188. The third kappa shape index (κ3) is 5.87. The fourth-order valence-electron chi connectivity index (χ4n) is 3.31. The minimum Gasteiger partial charge on any atom is -0.428 e. The number of oxazole rings is 1. The minimum atomic E-state index is -3.95. The number of benzene rings is 2. The van der Waals surface area contributed by atoms with Gasteiger partial charge in [0.2, 0.25) is 31.8 Å². The number of halogens is 1. The van der Waals surface area contributed by atoms with Gasteiger partial charge in [-0.15, -0.1) is 0 Å².